The van der Waals surface area contributed by atoms with Gasteiger partial charge in [-0.05, 0) is 71.5 Å². The van der Waals surface area contributed by atoms with E-state index in [-0.39, 0.29) is 5.91 Å². The molecule has 1 aliphatic carbocycles. The molecule has 2 N–H and O–H groups in total. The number of carbonyl (C=O) groups excluding carboxylic acids is 1. The molecule has 0 aliphatic heterocycles. The zero-order valence-electron chi connectivity index (χ0n) is 15.6. The van der Waals surface area contributed by atoms with E-state index in [9.17, 15) is 4.79 Å². The first-order chi connectivity index (χ1) is 12.5. The molecule has 0 radical (unpaired) electrons. The van der Waals surface area contributed by atoms with Crippen LogP contribution in [-0.2, 0) is 0 Å². The van der Waals surface area contributed by atoms with Gasteiger partial charge in [-0.1, -0.05) is 39.5 Å². The summed E-state index contributed by atoms with van der Waals surface area (Å²) in [7, 11) is 0. The Morgan fingerprint density at radius 3 is 2.58 bits per heavy atom. The van der Waals surface area contributed by atoms with Gasteiger partial charge in [0.05, 0.1) is 11.1 Å². The molecule has 0 bridgehead atoms. The van der Waals surface area contributed by atoms with Gasteiger partial charge in [0.2, 0.25) is 0 Å². The maximum absolute atomic E-state index is 12.4. The lowest BCUT2D eigenvalue weighted by atomic mass is 10.1. The summed E-state index contributed by atoms with van der Waals surface area (Å²) in [5.74, 6) is 1.15. The van der Waals surface area contributed by atoms with Gasteiger partial charge >= 0.3 is 0 Å². The van der Waals surface area contributed by atoms with Crippen molar-refractivity contribution in [2.75, 3.05) is 6.61 Å². The lowest BCUT2D eigenvalue weighted by molar-refractivity contribution is 0.0976. The van der Waals surface area contributed by atoms with E-state index < -0.39 is 0 Å². The van der Waals surface area contributed by atoms with Crippen LogP contribution in [0.3, 0.4) is 0 Å². The Morgan fingerprint density at radius 1 is 1.27 bits per heavy atom. The zero-order valence-corrected chi connectivity index (χ0v) is 18.0. The summed E-state index contributed by atoms with van der Waals surface area (Å²) in [6.07, 6.45) is 8.25. The molecule has 1 amide bonds. The maximum atomic E-state index is 12.4. The van der Waals surface area contributed by atoms with Crippen LogP contribution in [0.5, 0.6) is 5.75 Å². The number of nitrogens with one attached hydrogen (secondary N) is 2. The van der Waals surface area contributed by atoms with Gasteiger partial charge in [0.1, 0.15) is 5.75 Å². The van der Waals surface area contributed by atoms with E-state index in [1.807, 2.05) is 6.07 Å². The highest BCUT2D eigenvalue weighted by atomic mass is 79.9. The fourth-order valence-corrected chi connectivity index (χ4v) is 3.74. The fourth-order valence-electron chi connectivity index (χ4n) is 2.98. The van der Waals surface area contributed by atoms with Gasteiger partial charge in [-0.25, -0.2) is 0 Å². The van der Waals surface area contributed by atoms with Crippen LogP contribution in [0, 0.1) is 5.92 Å². The highest BCUT2D eigenvalue weighted by Gasteiger charge is 2.15. The van der Waals surface area contributed by atoms with Gasteiger partial charge in [-0.3, -0.25) is 10.1 Å². The molecule has 1 aromatic rings. The normalized spacial score (nSPS) is 15.4. The van der Waals surface area contributed by atoms with E-state index >= 15 is 0 Å². The molecule has 0 aromatic heterocycles. The first kappa shape index (κ1) is 21.2. The lowest BCUT2D eigenvalue weighted by Crippen LogP contribution is -2.44. The molecule has 1 fully saturated rings. The fraction of sp³-hybridized carbons (Fsp3) is 0.600. The highest BCUT2D eigenvalue weighted by Crippen LogP contribution is 2.26. The molecule has 1 aromatic carbocycles. The van der Waals surface area contributed by atoms with Crippen LogP contribution in [0.15, 0.2) is 22.7 Å². The molecule has 0 atom stereocenters. The molecule has 1 aliphatic rings. The predicted octanol–water partition coefficient (Wildman–Crippen LogP) is 5.20. The molecule has 4 nitrogen and oxygen atoms in total. The number of benzene rings is 1. The minimum absolute atomic E-state index is 0.203. The third-order valence-corrected chi connectivity index (χ3v) is 5.40. The Hall–Kier alpha value is -1.14. The van der Waals surface area contributed by atoms with Crippen LogP contribution in [0.2, 0.25) is 0 Å². The van der Waals surface area contributed by atoms with Crippen molar-refractivity contribution in [2.24, 2.45) is 5.92 Å². The molecular weight excluding hydrogens is 412 g/mol. The summed E-state index contributed by atoms with van der Waals surface area (Å²) in [6, 6.07) is 5.72. The summed E-state index contributed by atoms with van der Waals surface area (Å²) in [6.45, 7) is 4.99. The third-order valence-electron chi connectivity index (χ3n) is 4.56. The molecule has 0 saturated heterocycles. The van der Waals surface area contributed by atoms with E-state index in [2.05, 4.69) is 40.4 Å². The number of hydrogen-bond donors (Lipinski definition) is 2. The van der Waals surface area contributed by atoms with Crippen LogP contribution in [0.4, 0.5) is 0 Å². The molecule has 0 spiro atoms. The molecular formula is C20H29BrN2O2S. The van der Waals surface area contributed by atoms with Gasteiger partial charge in [0, 0.05) is 11.6 Å². The second-order valence-corrected chi connectivity index (χ2v) is 8.55. The number of rotatable bonds is 6. The number of amides is 1. The van der Waals surface area contributed by atoms with Gasteiger partial charge in [-0.2, -0.15) is 0 Å². The van der Waals surface area contributed by atoms with E-state index in [0.29, 0.717) is 29.2 Å². The SMILES string of the molecule is CC(C)CCOc1ccc(C(=O)NC(=S)NC2CCCCCC2)cc1Br. The number of ether oxygens (including phenoxy) is 1. The molecule has 144 valence electrons. The Morgan fingerprint density at radius 2 is 1.96 bits per heavy atom. The minimum atomic E-state index is -0.203. The average molecular weight is 441 g/mol. The summed E-state index contributed by atoms with van der Waals surface area (Å²) in [4.78, 5) is 12.4. The number of hydrogen-bond acceptors (Lipinski definition) is 3. The van der Waals surface area contributed by atoms with Crippen molar-refractivity contribution in [3.05, 3.63) is 28.2 Å². The molecule has 0 heterocycles. The summed E-state index contributed by atoms with van der Waals surface area (Å²) in [5, 5.41) is 6.49. The number of thiocarbonyl (C=S) groups is 1. The minimum Gasteiger partial charge on any atom is -0.492 e. The molecule has 0 unspecified atom stereocenters. The molecule has 2 rings (SSSR count). The van der Waals surface area contributed by atoms with Gasteiger partial charge in [-0.15, -0.1) is 0 Å². The van der Waals surface area contributed by atoms with Crippen molar-refractivity contribution < 1.29 is 9.53 Å². The maximum Gasteiger partial charge on any atom is 0.257 e. The van der Waals surface area contributed by atoms with Crippen molar-refractivity contribution >= 4 is 39.2 Å². The molecule has 1 saturated carbocycles. The largest absolute Gasteiger partial charge is 0.492 e. The second kappa shape index (κ2) is 10.9. The average Bonchev–Trinajstić information content (AvgIpc) is 2.84. The quantitative estimate of drug-likeness (QED) is 0.471. The van der Waals surface area contributed by atoms with Crippen molar-refractivity contribution in [3.63, 3.8) is 0 Å². The highest BCUT2D eigenvalue weighted by molar-refractivity contribution is 9.10. The third kappa shape index (κ3) is 7.23. The Balaban J connectivity index is 1.86. The Labute approximate surface area is 170 Å². The van der Waals surface area contributed by atoms with Crippen LogP contribution in [-0.4, -0.2) is 23.7 Å². The topological polar surface area (TPSA) is 50.4 Å². The van der Waals surface area contributed by atoms with Gasteiger partial charge in [0.15, 0.2) is 5.11 Å². The first-order valence-corrected chi connectivity index (χ1v) is 10.7. The van der Waals surface area contributed by atoms with Crippen molar-refractivity contribution in [3.8, 4) is 5.75 Å². The Bertz CT molecular complexity index is 614. The monoisotopic (exact) mass is 440 g/mol. The zero-order chi connectivity index (χ0) is 18.9. The molecule has 6 heteroatoms. The van der Waals surface area contributed by atoms with Crippen LogP contribution >= 0.6 is 28.1 Å². The van der Waals surface area contributed by atoms with E-state index in [1.165, 1.54) is 25.7 Å². The van der Waals surface area contributed by atoms with E-state index in [4.69, 9.17) is 17.0 Å². The standard InChI is InChI=1S/C20H29BrN2O2S/c1-14(2)11-12-25-18-10-9-15(13-17(18)21)19(24)23-20(26)22-16-7-5-3-4-6-8-16/h9-10,13-14,16H,3-8,11-12H2,1-2H3,(H2,22,23,24,26). The smallest absolute Gasteiger partial charge is 0.257 e. The summed E-state index contributed by atoms with van der Waals surface area (Å²) < 4.78 is 6.53. The summed E-state index contributed by atoms with van der Waals surface area (Å²) >= 11 is 8.80. The summed E-state index contributed by atoms with van der Waals surface area (Å²) in [5.41, 5.74) is 0.554. The second-order valence-electron chi connectivity index (χ2n) is 7.29. The lowest BCUT2D eigenvalue weighted by Gasteiger charge is -2.18. The van der Waals surface area contributed by atoms with Crippen molar-refractivity contribution in [2.45, 2.75) is 64.8 Å². The predicted molar refractivity (Wildman–Crippen MR) is 114 cm³/mol. The van der Waals surface area contributed by atoms with E-state index in [1.54, 1.807) is 12.1 Å². The molecule has 26 heavy (non-hydrogen) atoms. The number of halogens is 1. The van der Waals surface area contributed by atoms with Crippen LogP contribution in [0.1, 0.15) is 69.2 Å². The van der Waals surface area contributed by atoms with E-state index in [0.717, 1.165) is 29.5 Å². The Kier molecular flexibility index (Phi) is 8.85. The van der Waals surface area contributed by atoms with Gasteiger partial charge < -0.3 is 10.1 Å². The van der Waals surface area contributed by atoms with Crippen LogP contribution in [0.25, 0.3) is 0 Å². The van der Waals surface area contributed by atoms with Crippen molar-refractivity contribution in [1.29, 1.82) is 0 Å². The van der Waals surface area contributed by atoms with Gasteiger partial charge in [0.25, 0.3) is 5.91 Å². The number of carbonyl (C=O) groups is 1. The van der Waals surface area contributed by atoms with Crippen LogP contribution < -0.4 is 15.4 Å². The van der Waals surface area contributed by atoms with Crippen molar-refractivity contribution in [1.82, 2.24) is 10.6 Å². The first-order valence-electron chi connectivity index (χ1n) is 9.50.